The van der Waals surface area contributed by atoms with Gasteiger partial charge in [0.1, 0.15) is 0 Å². The molecule has 0 amide bonds. The van der Waals surface area contributed by atoms with Crippen LogP contribution in [0.2, 0.25) is 0 Å². The molecular formula is C20H22N4. The molecule has 1 N–H and O–H groups in total. The molecule has 1 saturated carbocycles. The summed E-state index contributed by atoms with van der Waals surface area (Å²) in [5.74, 6) is 1.29. The van der Waals surface area contributed by atoms with Crippen LogP contribution in [0, 0.1) is 0 Å². The van der Waals surface area contributed by atoms with Gasteiger partial charge in [-0.25, -0.2) is 4.52 Å². The van der Waals surface area contributed by atoms with Crippen LogP contribution in [0.1, 0.15) is 48.8 Å². The fourth-order valence-electron chi connectivity index (χ4n) is 3.80. The molecule has 1 aliphatic heterocycles. The minimum atomic E-state index is 0.530. The molecule has 3 aromatic rings. The van der Waals surface area contributed by atoms with Crippen molar-refractivity contribution in [2.45, 2.75) is 37.5 Å². The number of piperidine rings is 1. The molecule has 4 heteroatoms. The van der Waals surface area contributed by atoms with Gasteiger partial charge in [0.05, 0.1) is 17.4 Å². The maximum Gasteiger partial charge on any atom is 0.0758 e. The number of nitrogens with one attached hydrogen (secondary N) is 1. The van der Waals surface area contributed by atoms with E-state index < -0.39 is 0 Å². The van der Waals surface area contributed by atoms with E-state index in [9.17, 15) is 0 Å². The van der Waals surface area contributed by atoms with Gasteiger partial charge in [-0.2, -0.15) is 5.10 Å². The minimum absolute atomic E-state index is 0.530. The molecule has 1 aliphatic carbocycles. The summed E-state index contributed by atoms with van der Waals surface area (Å²) in [4.78, 5) is 4.99. The van der Waals surface area contributed by atoms with E-state index in [-0.39, 0.29) is 0 Å². The monoisotopic (exact) mass is 318 g/mol. The van der Waals surface area contributed by atoms with E-state index in [2.05, 4.69) is 46.9 Å². The third-order valence-corrected chi connectivity index (χ3v) is 5.36. The quantitative estimate of drug-likeness (QED) is 0.800. The van der Waals surface area contributed by atoms with Crippen LogP contribution in [-0.4, -0.2) is 27.7 Å². The SMILES string of the molecule is c1cc(-c2cnn3ccc(C4CC4)cc23)nc(C2CCCNC2)c1. The first-order valence-electron chi connectivity index (χ1n) is 9.04. The Hall–Kier alpha value is -2.20. The van der Waals surface area contributed by atoms with Gasteiger partial charge in [0.15, 0.2) is 0 Å². The molecule has 4 nitrogen and oxygen atoms in total. The number of nitrogens with zero attached hydrogens (tertiary/aromatic N) is 3. The first kappa shape index (κ1) is 14.2. The molecule has 24 heavy (non-hydrogen) atoms. The Balaban J connectivity index is 1.55. The van der Waals surface area contributed by atoms with Crippen molar-refractivity contribution in [3.8, 4) is 11.3 Å². The zero-order valence-electron chi connectivity index (χ0n) is 13.8. The first-order chi connectivity index (χ1) is 11.9. The smallest absolute Gasteiger partial charge is 0.0758 e. The fourth-order valence-corrected chi connectivity index (χ4v) is 3.80. The van der Waals surface area contributed by atoms with Crippen LogP contribution in [0.4, 0.5) is 0 Å². The average molecular weight is 318 g/mol. The summed E-state index contributed by atoms with van der Waals surface area (Å²) < 4.78 is 1.97. The van der Waals surface area contributed by atoms with Crippen LogP contribution in [0.15, 0.2) is 42.7 Å². The lowest BCUT2D eigenvalue weighted by molar-refractivity contribution is 0.455. The van der Waals surface area contributed by atoms with Crippen molar-refractivity contribution < 1.29 is 0 Å². The van der Waals surface area contributed by atoms with Gasteiger partial charge in [-0.1, -0.05) is 6.07 Å². The van der Waals surface area contributed by atoms with Crippen LogP contribution in [0.5, 0.6) is 0 Å². The van der Waals surface area contributed by atoms with Gasteiger partial charge in [-0.05, 0) is 68.0 Å². The van der Waals surface area contributed by atoms with Crippen molar-refractivity contribution in [3.63, 3.8) is 0 Å². The van der Waals surface area contributed by atoms with Crippen LogP contribution in [0.3, 0.4) is 0 Å². The van der Waals surface area contributed by atoms with Crippen molar-refractivity contribution in [2.75, 3.05) is 13.1 Å². The zero-order valence-corrected chi connectivity index (χ0v) is 13.8. The van der Waals surface area contributed by atoms with E-state index in [0.717, 1.165) is 30.3 Å². The molecule has 0 bridgehead atoms. The van der Waals surface area contributed by atoms with Crippen molar-refractivity contribution in [1.29, 1.82) is 0 Å². The minimum Gasteiger partial charge on any atom is -0.316 e. The molecule has 0 aromatic carbocycles. The number of aromatic nitrogens is 3. The molecule has 1 saturated heterocycles. The van der Waals surface area contributed by atoms with Gasteiger partial charge >= 0.3 is 0 Å². The van der Waals surface area contributed by atoms with E-state index in [1.165, 1.54) is 42.5 Å². The molecule has 0 radical (unpaired) electrons. The molecule has 4 heterocycles. The summed E-state index contributed by atoms with van der Waals surface area (Å²) in [6.07, 6.45) is 9.14. The van der Waals surface area contributed by atoms with E-state index >= 15 is 0 Å². The number of pyridine rings is 2. The van der Waals surface area contributed by atoms with Gasteiger partial charge in [0.25, 0.3) is 0 Å². The molecule has 2 aliphatic rings. The first-order valence-corrected chi connectivity index (χ1v) is 9.04. The average Bonchev–Trinajstić information content (AvgIpc) is 3.42. The Bertz CT molecular complexity index is 872. The van der Waals surface area contributed by atoms with E-state index in [4.69, 9.17) is 4.98 Å². The summed E-state index contributed by atoms with van der Waals surface area (Å²) >= 11 is 0. The summed E-state index contributed by atoms with van der Waals surface area (Å²) in [7, 11) is 0. The molecule has 2 fully saturated rings. The zero-order chi connectivity index (χ0) is 15.9. The topological polar surface area (TPSA) is 42.2 Å². The van der Waals surface area contributed by atoms with E-state index in [0.29, 0.717) is 5.92 Å². The second-order valence-electron chi connectivity index (χ2n) is 7.11. The largest absolute Gasteiger partial charge is 0.316 e. The van der Waals surface area contributed by atoms with E-state index in [1.807, 2.05) is 10.7 Å². The summed E-state index contributed by atoms with van der Waals surface area (Å²) in [6, 6.07) is 10.9. The van der Waals surface area contributed by atoms with Crippen LogP contribution in [-0.2, 0) is 0 Å². The molecule has 1 unspecified atom stereocenters. The highest BCUT2D eigenvalue weighted by Crippen LogP contribution is 2.41. The summed E-state index contributed by atoms with van der Waals surface area (Å²) in [5.41, 5.74) is 6.00. The van der Waals surface area contributed by atoms with Crippen molar-refractivity contribution in [1.82, 2.24) is 19.9 Å². The molecule has 5 rings (SSSR count). The number of hydrogen-bond acceptors (Lipinski definition) is 3. The Morgan fingerprint density at radius 1 is 1.08 bits per heavy atom. The lowest BCUT2D eigenvalue weighted by Gasteiger charge is -2.22. The van der Waals surface area contributed by atoms with Gasteiger partial charge in [0.2, 0.25) is 0 Å². The van der Waals surface area contributed by atoms with Crippen LogP contribution >= 0.6 is 0 Å². The highest BCUT2D eigenvalue weighted by Gasteiger charge is 2.24. The number of rotatable bonds is 3. The highest BCUT2D eigenvalue weighted by molar-refractivity contribution is 5.78. The Morgan fingerprint density at radius 3 is 2.88 bits per heavy atom. The van der Waals surface area contributed by atoms with Gasteiger partial charge in [-0.3, -0.25) is 4.98 Å². The highest BCUT2D eigenvalue weighted by atomic mass is 15.2. The number of hydrogen-bond donors (Lipinski definition) is 1. The standard InChI is InChI=1S/C20H22N4/c1-4-18(16-3-2-9-21-12-16)23-19(5-1)17-13-22-24-10-8-15(11-20(17)24)14-6-7-14/h1,4-5,8,10-11,13-14,16,21H,2-3,6-7,9,12H2. The molecule has 3 aromatic heterocycles. The molecular weight excluding hydrogens is 296 g/mol. The van der Waals surface area contributed by atoms with Gasteiger partial charge in [-0.15, -0.1) is 0 Å². The van der Waals surface area contributed by atoms with Crippen molar-refractivity contribution >= 4 is 5.52 Å². The summed E-state index contributed by atoms with van der Waals surface area (Å²) in [5, 5.41) is 8.01. The second-order valence-corrected chi connectivity index (χ2v) is 7.11. The fraction of sp³-hybridized carbons (Fsp3) is 0.400. The lowest BCUT2D eigenvalue weighted by Crippen LogP contribution is -2.28. The maximum atomic E-state index is 4.99. The Labute approximate surface area is 141 Å². The third kappa shape index (κ3) is 2.51. The molecule has 122 valence electrons. The maximum absolute atomic E-state index is 4.99. The Kier molecular flexibility index (Phi) is 3.37. The van der Waals surface area contributed by atoms with Crippen molar-refractivity contribution in [2.24, 2.45) is 0 Å². The van der Waals surface area contributed by atoms with Crippen molar-refractivity contribution in [3.05, 3.63) is 54.0 Å². The normalized spacial score (nSPS) is 21.2. The third-order valence-electron chi connectivity index (χ3n) is 5.36. The van der Waals surface area contributed by atoms with Gasteiger partial charge in [0, 0.05) is 29.9 Å². The summed E-state index contributed by atoms with van der Waals surface area (Å²) in [6.45, 7) is 2.17. The van der Waals surface area contributed by atoms with Crippen LogP contribution < -0.4 is 5.32 Å². The second kappa shape index (κ2) is 5.71. The Morgan fingerprint density at radius 2 is 2.04 bits per heavy atom. The van der Waals surface area contributed by atoms with E-state index in [1.54, 1.807) is 0 Å². The van der Waals surface area contributed by atoms with Crippen LogP contribution in [0.25, 0.3) is 16.8 Å². The lowest BCUT2D eigenvalue weighted by atomic mass is 9.95. The predicted molar refractivity (Wildman–Crippen MR) is 95.2 cm³/mol. The predicted octanol–water partition coefficient (Wildman–Crippen LogP) is 3.74. The molecule has 0 spiro atoms. The van der Waals surface area contributed by atoms with Gasteiger partial charge < -0.3 is 5.32 Å². The molecule has 1 atom stereocenters. The number of fused-ring (bicyclic) bond motifs is 1.